The highest BCUT2D eigenvalue weighted by molar-refractivity contribution is 7.99. The predicted molar refractivity (Wildman–Crippen MR) is 55.4 cm³/mol. The van der Waals surface area contributed by atoms with Gasteiger partial charge in [-0.3, -0.25) is 0 Å². The summed E-state index contributed by atoms with van der Waals surface area (Å²) in [6, 6.07) is 5.94. The van der Waals surface area contributed by atoms with E-state index in [4.69, 9.17) is 23.2 Å². The molecule has 1 heterocycles. The first-order chi connectivity index (χ1) is 5.77. The topological polar surface area (TPSA) is 0 Å². The molecule has 0 aliphatic carbocycles. The van der Waals surface area contributed by atoms with E-state index in [1.54, 1.807) is 0 Å². The van der Waals surface area contributed by atoms with Crippen molar-refractivity contribution >= 4 is 35.0 Å². The zero-order valence-corrected chi connectivity index (χ0v) is 8.72. The number of alkyl halides is 1. The van der Waals surface area contributed by atoms with E-state index in [2.05, 4.69) is 6.07 Å². The van der Waals surface area contributed by atoms with Crippen molar-refractivity contribution in [2.24, 2.45) is 0 Å². The summed E-state index contributed by atoms with van der Waals surface area (Å²) in [7, 11) is 0. The fourth-order valence-corrected chi connectivity index (χ4v) is 3.09. The van der Waals surface area contributed by atoms with Gasteiger partial charge in [0.25, 0.3) is 0 Å². The van der Waals surface area contributed by atoms with Crippen LogP contribution >= 0.6 is 35.0 Å². The molecule has 0 radical (unpaired) electrons. The molecule has 0 nitrogen and oxygen atoms in total. The van der Waals surface area contributed by atoms with Gasteiger partial charge in [-0.15, -0.1) is 23.4 Å². The maximum absolute atomic E-state index is 6.15. The Morgan fingerprint density at radius 3 is 3.08 bits per heavy atom. The van der Waals surface area contributed by atoms with Gasteiger partial charge in [0.1, 0.15) is 0 Å². The Kier molecular flexibility index (Phi) is 2.54. The molecule has 1 aliphatic heterocycles. The second kappa shape index (κ2) is 3.49. The SMILES string of the molecule is Clc1ccc2c(c1)C(Cl)CCS2. The monoisotopic (exact) mass is 218 g/mol. The molecule has 0 spiro atoms. The molecule has 0 bridgehead atoms. The number of halogens is 2. The van der Waals surface area contributed by atoms with Crippen LogP contribution in [0.5, 0.6) is 0 Å². The molecule has 1 unspecified atom stereocenters. The first-order valence-corrected chi connectivity index (χ1v) is 5.63. The van der Waals surface area contributed by atoms with Gasteiger partial charge in [0, 0.05) is 9.92 Å². The van der Waals surface area contributed by atoms with Crippen LogP contribution in [0.3, 0.4) is 0 Å². The number of hydrogen-bond acceptors (Lipinski definition) is 1. The van der Waals surface area contributed by atoms with Crippen LogP contribution in [0, 0.1) is 0 Å². The lowest BCUT2D eigenvalue weighted by atomic mass is 10.1. The van der Waals surface area contributed by atoms with Gasteiger partial charge in [-0.25, -0.2) is 0 Å². The highest BCUT2D eigenvalue weighted by Crippen LogP contribution is 2.40. The smallest absolute Gasteiger partial charge is 0.0604 e. The van der Waals surface area contributed by atoms with Crippen LogP contribution in [0.25, 0.3) is 0 Å². The first-order valence-electron chi connectivity index (χ1n) is 3.83. The molecule has 0 saturated heterocycles. The highest BCUT2D eigenvalue weighted by Gasteiger charge is 2.18. The lowest BCUT2D eigenvalue weighted by molar-refractivity contribution is 0.854. The van der Waals surface area contributed by atoms with Gasteiger partial charge in [0.15, 0.2) is 0 Å². The highest BCUT2D eigenvalue weighted by atomic mass is 35.5. The summed E-state index contributed by atoms with van der Waals surface area (Å²) < 4.78 is 0. The van der Waals surface area contributed by atoms with E-state index in [0.29, 0.717) is 0 Å². The lowest BCUT2D eigenvalue weighted by Crippen LogP contribution is -2.01. The van der Waals surface area contributed by atoms with Crippen molar-refractivity contribution in [2.45, 2.75) is 16.7 Å². The summed E-state index contributed by atoms with van der Waals surface area (Å²) in [5.41, 5.74) is 1.19. The standard InChI is InChI=1S/C9H8Cl2S/c10-6-1-2-9-7(5-6)8(11)3-4-12-9/h1-2,5,8H,3-4H2. The Morgan fingerprint density at radius 2 is 2.25 bits per heavy atom. The molecule has 0 N–H and O–H groups in total. The minimum atomic E-state index is 0.153. The van der Waals surface area contributed by atoms with Gasteiger partial charge in [-0.05, 0) is 35.9 Å². The largest absolute Gasteiger partial charge is 0.126 e. The summed E-state index contributed by atoms with van der Waals surface area (Å²) in [5, 5.41) is 0.932. The average Bonchev–Trinajstić information content (AvgIpc) is 2.07. The van der Waals surface area contributed by atoms with Crippen LogP contribution in [0.4, 0.5) is 0 Å². The summed E-state index contributed by atoms with van der Waals surface area (Å²) in [6.45, 7) is 0. The van der Waals surface area contributed by atoms with Gasteiger partial charge in [-0.2, -0.15) is 0 Å². The van der Waals surface area contributed by atoms with Crippen molar-refractivity contribution in [3.63, 3.8) is 0 Å². The maximum Gasteiger partial charge on any atom is 0.0604 e. The average molecular weight is 219 g/mol. The van der Waals surface area contributed by atoms with Crippen LogP contribution in [0.15, 0.2) is 23.1 Å². The van der Waals surface area contributed by atoms with Crippen molar-refractivity contribution in [2.75, 3.05) is 5.75 Å². The Bertz CT molecular complexity index is 299. The Hall–Kier alpha value is 0.150. The molecule has 1 aliphatic rings. The van der Waals surface area contributed by atoms with Crippen LogP contribution in [0.2, 0.25) is 5.02 Å². The zero-order chi connectivity index (χ0) is 8.55. The minimum absolute atomic E-state index is 0.153. The zero-order valence-electron chi connectivity index (χ0n) is 6.39. The van der Waals surface area contributed by atoms with Crippen molar-refractivity contribution < 1.29 is 0 Å². The van der Waals surface area contributed by atoms with Crippen LogP contribution in [-0.4, -0.2) is 5.75 Å². The molecule has 12 heavy (non-hydrogen) atoms. The van der Waals surface area contributed by atoms with Crippen molar-refractivity contribution in [1.29, 1.82) is 0 Å². The van der Waals surface area contributed by atoms with E-state index in [-0.39, 0.29) is 5.38 Å². The molecule has 1 aromatic carbocycles. The number of thioether (sulfide) groups is 1. The van der Waals surface area contributed by atoms with Gasteiger partial charge in [0.05, 0.1) is 5.38 Å². The molecular formula is C9H8Cl2S. The minimum Gasteiger partial charge on any atom is -0.126 e. The van der Waals surface area contributed by atoms with Crippen molar-refractivity contribution in [3.8, 4) is 0 Å². The third-order valence-corrected chi connectivity index (χ3v) is 3.75. The first kappa shape index (κ1) is 8.74. The quantitative estimate of drug-likeness (QED) is 0.591. The second-order valence-corrected chi connectivity index (χ2v) is 4.89. The van der Waals surface area contributed by atoms with E-state index >= 15 is 0 Å². The van der Waals surface area contributed by atoms with Gasteiger partial charge < -0.3 is 0 Å². The number of rotatable bonds is 0. The number of fused-ring (bicyclic) bond motifs is 1. The van der Waals surface area contributed by atoms with Gasteiger partial charge in [-0.1, -0.05) is 11.6 Å². The van der Waals surface area contributed by atoms with E-state index in [1.807, 2.05) is 23.9 Å². The molecular weight excluding hydrogens is 211 g/mol. The molecule has 0 aromatic heterocycles. The third-order valence-electron chi connectivity index (χ3n) is 1.94. The molecule has 1 aromatic rings. The summed E-state index contributed by atoms with van der Waals surface area (Å²) >= 11 is 13.9. The van der Waals surface area contributed by atoms with Crippen molar-refractivity contribution in [1.82, 2.24) is 0 Å². The normalized spacial score (nSPS) is 22.0. The Labute approximate surface area is 86.3 Å². The maximum atomic E-state index is 6.15. The van der Waals surface area contributed by atoms with E-state index < -0.39 is 0 Å². The second-order valence-electron chi connectivity index (χ2n) is 2.79. The molecule has 1 atom stereocenters. The van der Waals surface area contributed by atoms with Crippen LogP contribution in [0.1, 0.15) is 17.4 Å². The summed E-state index contributed by atoms with van der Waals surface area (Å²) in [5.74, 6) is 1.11. The van der Waals surface area contributed by atoms with Gasteiger partial charge >= 0.3 is 0 Å². The fraction of sp³-hybridized carbons (Fsp3) is 0.333. The fourth-order valence-electron chi connectivity index (χ4n) is 1.32. The Morgan fingerprint density at radius 1 is 1.42 bits per heavy atom. The van der Waals surface area contributed by atoms with Crippen LogP contribution < -0.4 is 0 Å². The molecule has 0 fully saturated rings. The molecule has 0 saturated carbocycles. The third kappa shape index (κ3) is 1.59. The molecule has 2 rings (SSSR count). The predicted octanol–water partition coefficient (Wildman–Crippen LogP) is 4.12. The van der Waals surface area contributed by atoms with E-state index in [0.717, 1.165) is 17.2 Å². The summed E-state index contributed by atoms with van der Waals surface area (Å²) in [4.78, 5) is 1.28. The lowest BCUT2D eigenvalue weighted by Gasteiger charge is -2.19. The van der Waals surface area contributed by atoms with Gasteiger partial charge in [0.2, 0.25) is 0 Å². The van der Waals surface area contributed by atoms with E-state index in [9.17, 15) is 0 Å². The van der Waals surface area contributed by atoms with E-state index in [1.165, 1.54) is 10.5 Å². The van der Waals surface area contributed by atoms with Crippen LogP contribution in [-0.2, 0) is 0 Å². The number of hydrogen-bond donors (Lipinski definition) is 0. The van der Waals surface area contributed by atoms with Crippen molar-refractivity contribution in [3.05, 3.63) is 28.8 Å². The summed E-state index contributed by atoms with van der Waals surface area (Å²) in [6.07, 6.45) is 1.04. The molecule has 0 amide bonds. The Balaban J connectivity index is 2.47. The number of benzene rings is 1. The molecule has 64 valence electrons. The molecule has 3 heteroatoms.